The molecule has 1 aromatic rings. The molecule has 1 atom stereocenters. The van der Waals surface area contributed by atoms with Gasteiger partial charge in [0, 0.05) is 30.5 Å². The minimum Gasteiger partial charge on any atom is -0.381 e. The zero-order chi connectivity index (χ0) is 18.7. The van der Waals surface area contributed by atoms with Gasteiger partial charge in [-0.25, -0.2) is 0 Å². The van der Waals surface area contributed by atoms with Gasteiger partial charge in [0.1, 0.15) is 0 Å². The van der Waals surface area contributed by atoms with Gasteiger partial charge in [-0.3, -0.25) is 4.98 Å². The van der Waals surface area contributed by atoms with Crippen molar-refractivity contribution in [1.82, 2.24) is 4.98 Å². The minimum absolute atomic E-state index is 0.122. The molecule has 26 heavy (non-hydrogen) atoms. The zero-order valence-corrected chi connectivity index (χ0v) is 18.0. The molecule has 0 spiro atoms. The van der Waals surface area contributed by atoms with Gasteiger partial charge in [0.05, 0.1) is 0 Å². The normalized spacial score (nSPS) is 25.9. The van der Waals surface area contributed by atoms with E-state index >= 15 is 0 Å². The Morgan fingerprint density at radius 1 is 1.19 bits per heavy atom. The second kappa shape index (κ2) is 8.65. The molecule has 0 N–H and O–H groups in total. The highest BCUT2D eigenvalue weighted by atomic mass is 32.1. The lowest BCUT2D eigenvalue weighted by molar-refractivity contribution is 0.0429. The Labute approximate surface area is 165 Å². The molecule has 1 saturated heterocycles. The Morgan fingerprint density at radius 2 is 1.88 bits per heavy atom. The van der Waals surface area contributed by atoms with Crippen molar-refractivity contribution in [3.63, 3.8) is 0 Å². The van der Waals surface area contributed by atoms with Crippen molar-refractivity contribution in [2.75, 3.05) is 19.0 Å². The highest BCUT2D eigenvalue weighted by Gasteiger charge is 2.35. The summed E-state index contributed by atoms with van der Waals surface area (Å²) in [5, 5.41) is 0. The molecule has 0 amide bonds. The second-order valence-corrected chi connectivity index (χ2v) is 9.91. The van der Waals surface area contributed by atoms with Gasteiger partial charge in [-0.2, -0.15) is 12.6 Å². The molecule has 3 rings (SSSR count). The lowest BCUT2D eigenvalue weighted by Crippen LogP contribution is -2.34. The fraction of sp³-hybridized carbons (Fsp3) is 0.783. The highest BCUT2D eigenvalue weighted by Crippen LogP contribution is 2.44. The fourth-order valence-corrected chi connectivity index (χ4v) is 5.26. The molecule has 2 aliphatic rings. The van der Waals surface area contributed by atoms with Crippen LogP contribution in [0.3, 0.4) is 0 Å². The highest BCUT2D eigenvalue weighted by molar-refractivity contribution is 7.80. The van der Waals surface area contributed by atoms with Crippen LogP contribution in [0.15, 0.2) is 18.3 Å². The summed E-state index contributed by atoms with van der Waals surface area (Å²) in [6.45, 7) is 11.2. The van der Waals surface area contributed by atoms with Crippen LogP contribution in [0.5, 0.6) is 0 Å². The third-order valence-electron chi connectivity index (χ3n) is 7.21. The van der Waals surface area contributed by atoms with Crippen molar-refractivity contribution in [3.05, 3.63) is 29.6 Å². The quantitative estimate of drug-likeness (QED) is 0.602. The maximum atomic E-state index is 5.54. The van der Waals surface area contributed by atoms with Crippen molar-refractivity contribution in [2.45, 2.75) is 71.1 Å². The third kappa shape index (κ3) is 4.47. The number of aromatic nitrogens is 1. The van der Waals surface area contributed by atoms with E-state index in [-0.39, 0.29) is 5.41 Å². The number of hydrogen-bond acceptors (Lipinski definition) is 3. The van der Waals surface area contributed by atoms with Crippen molar-refractivity contribution in [2.24, 2.45) is 23.7 Å². The first-order valence-electron chi connectivity index (χ1n) is 10.6. The van der Waals surface area contributed by atoms with Crippen LogP contribution < -0.4 is 0 Å². The Hall–Kier alpha value is -0.540. The van der Waals surface area contributed by atoms with E-state index in [4.69, 9.17) is 9.72 Å². The summed E-state index contributed by atoms with van der Waals surface area (Å²) in [5.41, 5.74) is 2.73. The molecular weight excluding hydrogens is 338 g/mol. The van der Waals surface area contributed by atoms with Crippen molar-refractivity contribution in [1.29, 1.82) is 0 Å². The first-order chi connectivity index (χ1) is 12.4. The van der Waals surface area contributed by atoms with E-state index in [1.807, 2.05) is 0 Å². The average Bonchev–Trinajstić information content (AvgIpc) is 2.61. The van der Waals surface area contributed by atoms with E-state index in [9.17, 15) is 0 Å². The molecule has 1 aromatic heterocycles. The molecule has 1 aliphatic heterocycles. The predicted octanol–water partition coefficient (Wildman–Crippen LogP) is 5.87. The summed E-state index contributed by atoms with van der Waals surface area (Å²) in [6.07, 6.45) is 8.52. The van der Waals surface area contributed by atoms with Crippen LogP contribution in [0.1, 0.15) is 77.0 Å². The molecule has 1 aliphatic carbocycles. The van der Waals surface area contributed by atoms with Crippen LogP contribution in [0.2, 0.25) is 0 Å². The Balaban J connectivity index is 1.62. The SMILES string of the molecule is CC(C)C1CC(CC(CS)c2ccc(C(C)(C)C3CCOCC3)nc2)C1. The maximum Gasteiger partial charge on any atom is 0.0469 e. The smallest absolute Gasteiger partial charge is 0.0469 e. The second-order valence-electron chi connectivity index (χ2n) is 9.54. The summed E-state index contributed by atoms with van der Waals surface area (Å²) in [6, 6.07) is 4.60. The monoisotopic (exact) mass is 375 g/mol. The van der Waals surface area contributed by atoms with E-state index in [2.05, 4.69) is 58.7 Å². The standard InChI is InChI=1S/C23H37NOS/c1-16(2)19-11-17(12-19)13-20(15-26)18-5-6-22(24-14-18)23(3,4)21-7-9-25-10-8-21/h5-6,14,16-17,19-21,26H,7-13,15H2,1-4H3. The number of hydrogen-bond donors (Lipinski definition) is 1. The summed E-state index contributed by atoms with van der Waals surface area (Å²) < 4.78 is 5.54. The van der Waals surface area contributed by atoms with Crippen LogP contribution in [0.25, 0.3) is 0 Å². The van der Waals surface area contributed by atoms with Crippen molar-refractivity contribution < 1.29 is 4.74 Å². The Bertz CT molecular complexity index is 556. The van der Waals surface area contributed by atoms with Crippen molar-refractivity contribution in [3.8, 4) is 0 Å². The number of ether oxygens (including phenoxy) is 1. The number of thiol groups is 1. The van der Waals surface area contributed by atoms with Crippen LogP contribution in [-0.4, -0.2) is 24.0 Å². The topological polar surface area (TPSA) is 22.1 Å². The van der Waals surface area contributed by atoms with Gasteiger partial charge in [-0.15, -0.1) is 0 Å². The molecule has 0 aromatic carbocycles. The molecule has 1 unspecified atom stereocenters. The lowest BCUT2D eigenvalue weighted by Gasteiger charge is -2.40. The number of rotatable bonds is 7. The van der Waals surface area contributed by atoms with Gasteiger partial charge in [-0.05, 0) is 79.1 Å². The fourth-order valence-electron chi connectivity index (χ4n) is 4.90. The average molecular weight is 376 g/mol. The zero-order valence-electron chi connectivity index (χ0n) is 17.1. The van der Waals surface area contributed by atoms with E-state index in [1.54, 1.807) is 0 Å². The van der Waals surface area contributed by atoms with E-state index in [1.165, 1.54) is 30.5 Å². The summed E-state index contributed by atoms with van der Waals surface area (Å²) >= 11 is 4.65. The van der Waals surface area contributed by atoms with Gasteiger partial charge in [-0.1, -0.05) is 33.8 Å². The van der Waals surface area contributed by atoms with E-state index in [0.717, 1.165) is 49.6 Å². The van der Waals surface area contributed by atoms with Gasteiger partial charge >= 0.3 is 0 Å². The molecule has 1 saturated carbocycles. The first-order valence-corrected chi connectivity index (χ1v) is 11.2. The predicted molar refractivity (Wildman–Crippen MR) is 113 cm³/mol. The molecule has 2 nitrogen and oxygen atoms in total. The molecular formula is C23H37NOS. The van der Waals surface area contributed by atoms with E-state index < -0.39 is 0 Å². The molecule has 146 valence electrons. The molecule has 0 bridgehead atoms. The maximum absolute atomic E-state index is 5.54. The number of pyridine rings is 1. The van der Waals surface area contributed by atoms with Crippen LogP contribution in [0.4, 0.5) is 0 Å². The Morgan fingerprint density at radius 3 is 2.42 bits per heavy atom. The summed E-state index contributed by atoms with van der Waals surface area (Å²) in [4.78, 5) is 4.91. The summed E-state index contributed by atoms with van der Waals surface area (Å²) in [5.74, 6) is 4.81. The van der Waals surface area contributed by atoms with Crippen LogP contribution in [0, 0.1) is 23.7 Å². The molecule has 2 heterocycles. The van der Waals surface area contributed by atoms with Crippen LogP contribution >= 0.6 is 12.6 Å². The Kier molecular flexibility index (Phi) is 6.72. The van der Waals surface area contributed by atoms with Gasteiger partial charge in [0.15, 0.2) is 0 Å². The lowest BCUT2D eigenvalue weighted by atomic mass is 9.66. The van der Waals surface area contributed by atoms with Gasteiger partial charge in [0.25, 0.3) is 0 Å². The van der Waals surface area contributed by atoms with Crippen molar-refractivity contribution >= 4 is 12.6 Å². The van der Waals surface area contributed by atoms with Gasteiger partial charge in [0.2, 0.25) is 0 Å². The first kappa shape index (κ1) is 20.2. The molecule has 2 fully saturated rings. The molecule has 0 radical (unpaired) electrons. The third-order valence-corrected chi connectivity index (χ3v) is 7.65. The largest absolute Gasteiger partial charge is 0.381 e. The molecule has 3 heteroatoms. The summed E-state index contributed by atoms with van der Waals surface area (Å²) in [7, 11) is 0. The van der Waals surface area contributed by atoms with Crippen LogP contribution in [-0.2, 0) is 10.2 Å². The van der Waals surface area contributed by atoms with E-state index in [0.29, 0.717) is 11.8 Å². The minimum atomic E-state index is 0.122. The number of nitrogens with zero attached hydrogens (tertiary/aromatic N) is 1. The van der Waals surface area contributed by atoms with Gasteiger partial charge < -0.3 is 4.74 Å².